The number of hydrogen-bond donors (Lipinski definition) is 1. The summed E-state index contributed by atoms with van der Waals surface area (Å²) in [5.74, 6) is 0.166. The predicted octanol–water partition coefficient (Wildman–Crippen LogP) is 3.96. The topological polar surface area (TPSA) is 35.6 Å². The molecule has 6 heteroatoms. The second-order valence-electron chi connectivity index (χ2n) is 8.19. The molecule has 0 aromatic heterocycles. The van der Waals surface area contributed by atoms with E-state index >= 15 is 0 Å². The van der Waals surface area contributed by atoms with Gasteiger partial charge >= 0.3 is 0 Å². The second kappa shape index (κ2) is 8.27. The van der Waals surface area contributed by atoms with Gasteiger partial charge in [0.15, 0.2) is 0 Å². The van der Waals surface area contributed by atoms with Gasteiger partial charge in [0.1, 0.15) is 5.54 Å². The lowest BCUT2D eigenvalue weighted by Gasteiger charge is -2.45. The van der Waals surface area contributed by atoms with Crippen LogP contribution >= 0.6 is 23.2 Å². The van der Waals surface area contributed by atoms with Crippen molar-refractivity contribution < 1.29 is 4.79 Å². The molecule has 29 heavy (non-hydrogen) atoms. The first-order valence-corrected chi connectivity index (χ1v) is 10.9. The fourth-order valence-electron chi connectivity index (χ4n) is 4.74. The molecule has 0 spiro atoms. The van der Waals surface area contributed by atoms with Gasteiger partial charge in [-0.3, -0.25) is 9.69 Å². The third kappa shape index (κ3) is 3.91. The van der Waals surface area contributed by atoms with E-state index in [0.717, 1.165) is 44.6 Å². The number of hydrogen-bond acceptors (Lipinski definition) is 3. The Balaban J connectivity index is 1.66. The number of likely N-dealkylation sites (N-methyl/N-ethyl adjacent to an activating group) is 1. The van der Waals surface area contributed by atoms with E-state index in [1.807, 2.05) is 31.0 Å². The van der Waals surface area contributed by atoms with Gasteiger partial charge < -0.3 is 10.2 Å². The quantitative estimate of drug-likeness (QED) is 0.795. The van der Waals surface area contributed by atoms with E-state index < -0.39 is 5.54 Å². The first kappa shape index (κ1) is 20.7. The van der Waals surface area contributed by atoms with Crippen molar-refractivity contribution in [2.24, 2.45) is 0 Å². The SMILES string of the molecule is C[C@@H](c1cc(Cl)cc(Cl)c1)N(C)C(=O)C1(N2CCNCC2)Cc2ccccc2C1. The highest BCUT2D eigenvalue weighted by Gasteiger charge is 2.50. The maximum Gasteiger partial charge on any atom is 0.244 e. The van der Waals surface area contributed by atoms with E-state index in [4.69, 9.17) is 23.2 Å². The molecular formula is C23H27Cl2N3O. The average molecular weight is 432 g/mol. The molecule has 4 nitrogen and oxygen atoms in total. The highest BCUT2D eigenvalue weighted by Crippen LogP contribution is 2.38. The molecule has 0 unspecified atom stereocenters. The number of rotatable bonds is 4. The summed E-state index contributed by atoms with van der Waals surface area (Å²) >= 11 is 12.4. The van der Waals surface area contributed by atoms with Crippen molar-refractivity contribution in [3.05, 3.63) is 69.2 Å². The van der Waals surface area contributed by atoms with E-state index in [9.17, 15) is 4.79 Å². The molecule has 0 radical (unpaired) electrons. The van der Waals surface area contributed by atoms with Crippen LogP contribution in [0, 0.1) is 0 Å². The van der Waals surface area contributed by atoms with Gasteiger partial charge in [0, 0.05) is 56.1 Å². The minimum absolute atomic E-state index is 0.123. The van der Waals surface area contributed by atoms with Gasteiger partial charge in [-0.1, -0.05) is 47.5 Å². The van der Waals surface area contributed by atoms with E-state index in [2.05, 4.69) is 34.5 Å². The van der Waals surface area contributed by atoms with E-state index in [1.54, 1.807) is 6.07 Å². The fourth-order valence-corrected chi connectivity index (χ4v) is 5.29. The Morgan fingerprint density at radius 1 is 1.07 bits per heavy atom. The molecule has 1 saturated heterocycles. The standard InChI is InChI=1S/C23H27Cl2N3O/c1-16(19-11-20(24)13-21(25)12-19)27(2)22(29)23(28-9-7-26-8-10-28)14-17-5-3-4-6-18(17)15-23/h3-6,11-13,16,26H,7-10,14-15H2,1-2H3/t16-/m0/s1. The molecule has 1 amide bonds. The van der Waals surface area contributed by atoms with E-state index in [0.29, 0.717) is 10.0 Å². The normalized spacial score (nSPS) is 19.6. The third-order valence-electron chi connectivity index (χ3n) is 6.47. The summed E-state index contributed by atoms with van der Waals surface area (Å²) in [6.45, 7) is 5.62. The number of piperazine rings is 1. The monoisotopic (exact) mass is 431 g/mol. The lowest BCUT2D eigenvalue weighted by Crippen LogP contribution is -2.64. The molecule has 1 fully saturated rings. The minimum Gasteiger partial charge on any atom is -0.337 e. The summed E-state index contributed by atoms with van der Waals surface area (Å²) in [5.41, 5.74) is 2.98. The summed E-state index contributed by atoms with van der Waals surface area (Å²) in [6.07, 6.45) is 1.52. The number of fused-ring (bicyclic) bond motifs is 1. The molecule has 2 aromatic carbocycles. The van der Waals surface area contributed by atoms with Crippen molar-refractivity contribution in [2.75, 3.05) is 33.2 Å². The zero-order chi connectivity index (χ0) is 20.6. The summed E-state index contributed by atoms with van der Waals surface area (Å²) in [7, 11) is 1.90. The lowest BCUT2D eigenvalue weighted by molar-refractivity contribution is -0.145. The van der Waals surface area contributed by atoms with Crippen LogP contribution in [-0.4, -0.2) is 54.5 Å². The van der Waals surface area contributed by atoms with Crippen LogP contribution in [0.25, 0.3) is 0 Å². The Hall–Kier alpha value is -1.59. The Bertz CT molecular complexity index is 865. The average Bonchev–Trinajstić information content (AvgIpc) is 3.13. The molecule has 1 aliphatic carbocycles. The highest BCUT2D eigenvalue weighted by molar-refractivity contribution is 6.34. The molecule has 0 saturated carbocycles. The van der Waals surface area contributed by atoms with Crippen LogP contribution < -0.4 is 5.32 Å². The number of benzene rings is 2. The molecule has 154 valence electrons. The zero-order valence-electron chi connectivity index (χ0n) is 16.9. The highest BCUT2D eigenvalue weighted by atomic mass is 35.5. The molecule has 2 aliphatic rings. The van der Waals surface area contributed by atoms with Crippen molar-refractivity contribution >= 4 is 29.1 Å². The Morgan fingerprint density at radius 3 is 2.17 bits per heavy atom. The van der Waals surface area contributed by atoms with Crippen LogP contribution in [0.1, 0.15) is 29.7 Å². The number of amides is 1. The number of halogens is 2. The van der Waals surface area contributed by atoms with Gasteiger partial charge in [-0.15, -0.1) is 0 Å². The van der Waals surface area contributed by atoms with Crippen LogP contribution in [0.15, 0.2) is 42.5 Å². The second-order valence-corrected chi connectivity index (χ2v) is 9.06. The largest absolute Gasteiger partial charge is 0.337 e. The van der Waals surface area contributed by atoms with E-state index in [1.165, 1.54) is 11.1 Å². The molecule has 1 atom stereocenters. The van der Waals surface area contributed by atoms with Gasteiger partial charge in [0.2, 0.25) is 5.91 Å². The lowest BCUT2D eigenvalue weighted by atomic mass is 9.89. The van der Waals surface area contributed by atoms with Crippen molar-refractivity contribution in [1.82, 2.24) is 15.1 Å². The summed E-state index contributed by atoms with van der Waals surface area (Å²) in [4.78, 5) is 18.3. The van der Waals surface area contributed by atoms with E-state index in [-0.39, 0.29) is 11.9 Å². The number of carbonyl (C=O) groups is 1. The van der Waals surface area contributed by atoms with Crippen LogP contribution in [0.2, 0.25) is 10.0 Å². The molecule has 1 aliphatic heterocycles. The van der Waals surface area contributed by atoms with Gasteiger partial charge in [0.05, 0.1) is 6.04 Å². The molecule has 4 rings (SSSR count). The Labute approximate surface area is 182 Å². The maximum absolute atomic E-state index is 14.0. The van der Waals surface area contributed by atoms with Crippen LogP contribution in [0.4, 0.5) is 0 Å². The third-order valence-corrected chi connectivity index (χ3v) is 6.91. The zero-order valence-corrected chi connectivity index (χ0v) is 18.4. The maximum atomic E-state index is 14.0. The van der Waals surface area contributed by atoms with Crippen LogP contribution in [-0.2, 0) is 17.6 Å². The molecule has 0 bridgehead atoms. The first-order chi connectivity index (χ1) is 13.9. The van der Waals surface area contributed by atoms with Crippen molar-refractivity contribution in [1.29, 1.82) is 0 Å². The van der Waals surface area contributed by atoms with Crippen LogP contribution in [0.5, 0.6) is 0 Å². The summed E-state index contributed by atoms with van der Waals surface area (Å²) in [5, 5.41) is 4.59. The number of carbonyl (C=O) groups excluding carboxylic acids is 1. The molecule has 1 heterocycles. The minimum atomic E-state index is -0.531. The summed E-state index contributed by atoms with van der Waals surface area (Å²) < 4.78 is 0. The number of nitrogens with zero attached hydrogens (tertiary/aromatic N) is 2. The van der Waals surface area contributed by atoms with Gasteiger partial charge in [-0.25, -0.2) is 0 Å². The molecule has 2 aromatic rings. The Morgan fingerprint density at radius 2 is 1.62 bits per heavy atom. The predicted molar refractivity (Wildman–Crippen MR) is 119 cm³/mol. The van der Waals surface area contributed by atoms with Crippen molar-refractivity contribution in [3.8, 4) is 0 Å². The molecule has 1 N–H and O–H groups in total. The first-order valence-electron chi connectivity index (χ1n) is 10.2. The van der Waals surface area contributed by atoms with Crippen molar-refractivity contribution in [2.45, 2.75) is 31.3 Å². The Kier molecular flexibility index (Phi) is 5.90. The number of nitrogens with one attached hydrogen (secondary N) is 1. The smallest absolute Gasteiger partial charge is 0.244 e. The van der Waals surface area contributed by atoms with Gasteiger partial charge in [-0.05, 0) is 41.8 Å². The summed E-state index contributed by atoms with van der Waals surface area (Å²) in [6, 6.07) is 13.8. The van der Waals surface area contributed by atoms with Crippen LogP contribution in [0.3, 0.4) is 0 Å². The van der Waals surface area contributed by atoms with Crippen molar-refractivity contribution in [3.63, 3.8) is 0 Å². The van der Waals surface area contributed by atoms with Gasteiger partial charge in [-0.2, -0.15) is 0 Å². The molecular weight excluding hydrogens is 405 g/mol. The van der Waals surface area contributed by atoms with Gasteiger partial charge in [0.25, 0.3) is 0 Å². The fraction of sp³-hybridized carbons (Fsp3) is 0.435.